The van der Waals surface area contributed by atoms with Crippen molar-refractivity contribution in [3.63, 3.8) is 0 Å². The molecule has 1 aliphatic heterocycles. The minimum Gasteiger partial charge on any atom is -0.469 e. The lowest BCUT2D eigenvalue weighted by atomic mass is 10.2. The third kappa shape index (κ3) is 6.09. The monoisotopic (exact) mass is 466 g/mol. The van der Waals surface area contributed by atoms with Crippen molar-refractivity contribution in [3.8, 4) is 0 Å². The number of halogens is 1. The largest absolute Gasteiger partial charge is 0.469 e. The predicted octanol–water partition coefficient (Wildman–Crippen LogP) is 3.57. The summed E-state index contributed by atoms with van der Waals surface area (Å²) in [5.74, 6) is 1.82. The second-order valence-corrected chi connectivity index (χ2v) is 5.99. The van der Waals surface area contributed by atoms with Gasteiger partial charge in [-0.05, 0) is 36.8 Å². The first kappa shape index (κ1) is 20.4. The van der Waals surface area contributed by atoms with Crippen LogP contribution in [0.3, 0.4) is 0 Å². The summed E-state index contributed by atoms with van der Waals surface area (Å²) in [5.41, 5.74) is 2.47. The molecule has 0 atom stereocenters. The Morgan fingerprint density at radius 1 is 1.12 bits per heavy atom. The van der Waals surface area contributed by atoms with Gasteiger partial charge in [-0.15, -0.1) is 24.0 Å². The Morgan fingerprint density at radius 3 is 2.54 bits per heavy atom. The van der Waals surface area contributed by atoms with Gasteiger partial charge in [-0.2, -0.15) is 0 Å². The molecule has 0 saturated carbocycles. The molecule has 26 heavy (non-hydrogen) atoms. The van der Waals surface area contributed by atoms with Gasteiger partial charge in [0.1, 0.15) is 5.76 Å². The second kappa shape index (κ2) is 10.9. The molecule has 0 amide bonds. The highest BCUT2D eigenvalue weighted by atomic mass is 127. The first-order chi connectivity index (χ1) is 12.3. The summed E-state index contributed by atoms with van der Waals surface area (Å²) in [6, 6.07) is 12.6. The number of nitrogens with zero attached hydrogens (tertiary/aromatic N) is 2. The molecule has 3 rings (SSSR count). The summed E-state index contributed by atoms with van der Waals surface area (Å²) >= 11 is 0. The van der Waals surface area contributed by atoms with Gasteiger partial charge in [-0.1, -0.05) is 24.3 Å². The van der Waals surface area contributed by atoms with Crippen LogP contribution in [-0.4, -0.2) is 32.1 Å². The number of aliphatic imine (C=N–C) groups is 1. The minimum atomic E-state index is 0. The Bertz CT molecular complexity index is 687. The van der Waals surface area contributed by atoms with Crippen LogP contribution in [0.4, 0.5) is 5.69 Å². The first-order valence-electron chi connectivity index (χ1n) is 8.88. The molecule has 2 N–H and O–H groups in total. The molecule has 0 unspecified atom stereocenters. The highest BCUT2D eigenvalue weighted by Gasteiger charge is 2.07. The van der Waals surface area contributed by atoms with Gasteiger partial charge in [0.2, 0.25) is 0 Å². The van der Waals surface area contributed by atoms with E-state index in [2.05, 4.69) is 63.9 Å². The number of guanidine groups is 1. The SMILES string of the molecule is CCNC(=NCc1ccc(N2CC=CC2)cc1)NCCc1ccco1.I. The Labute approximate surface area is 172 Å². The standard InChI is InChI=1S/C20H26N4O.HI/c1-2-21-20(22-12-11-19-6-5-15-25-19)23-16-17-7-9-18(10-8-17)24-13-3-4-14-24;/h3-10,15H,2,11-14,16H2,1H3,(H2,21,22,23);1H. The highest BCUT2D eigenvalue weighted by molar-refractivity contribution is 14.0. The second-order valence-electron chi connectivity index (χ2n) is 5.99. The molecule has 1 aromatic carbocycles. The zero-order chi connectivity index (χ0) is 17.3. The summed E-state index contributed by atoms with van der Waals surface area (Å²) in [7, 11) is 0. The van der Waals surface area contributed by atoms with Crippen molar-refractivity contribution >= 4 is 35.6 Å². The molecule has 6 heteroatoms. The molecule has 140 valence electrons. The lowest BCUT2D eigenvalue weighted by Crippen LogP contribution is -2.38. The third-order valence-electron chi connectivity index (χ3n) is 4.13. The van der Waals surface area contributed by atoms with Crippen LogP contribution in [0.5, 0.6) is 0 Å². The molecule has 0 radical (unpaired) electrons. The average molecular weight is 466 g/mol. The van der Waals surface area contributed by atoms with Crippen molar-refractivity contribution in [2.45, 2.75) is 19.9 Å². The van der Waals surface area contributed by atoms with E-state index in [0.717, 1.165) is 44.3 Å². The Kier molecular flexibility index (Phi) is 8.53. The maximum Gasteiger partial charge on any atom is 0.191 e. The van der Waals surface area contributed by atoms with Gasteiger partial charge in [0.25, 0.3) is 0 Å². The van der Waals surface area contributed by atoms with Crippen LogP contribution < -0.4 is 15.5 Å². The van der Waals surface area contributed by atoms with Crippen molar-refractivity contribution in [1.29, 1.82) is 0 Å². The zero-order valence-electron chi connectivity index (χ0n) is 15.1. The van der Waals surface area contributed by atoms with Crippen LogP contribution in [0.15, 0.2) is 64.2 Å². The van der Waals surface area contributed by atoms with E-state index in [1.807, 2.05) is 12.1 Å². The molecular formula is C20H27IN4O. The fourth-order valence-electron chi connectivity index (χ4n) is 2.77. The lowest BCUT2D eigenvalue weighted by Gasteiger charge is -2.17. The summed E-state index contributed by atoms with van der Waals surface area (Å²) in [6.45, 7) is 6.37. The quantitative estimate of drug-likeness (QED) is 0.284. The van der Waals surface area contributed by atoms with E-state index >= 15 is 0 Å². The zero-order valence-corrected chi connectivity index (χ0v) is 17.5. The molecule has 2 aromatic rings. The van der Waals surface area contributed by atoms with Crippen LogP contribution in [0.25, 0.3) is 0 Å². The van der Waals surface area contributed by atoms with E-state index in [1.54, 1.807) is 6.26 Å². The third-order valence-corrected chi connectivity index (χ3v) is 4.13. The fourth-order valence-corrected chi connectivity index (χ4v) is 2.77. The van der Waals surface area contributed by atoms with Gasteiger partial charge < -0.3 is 20.0 Å². The number of anilines is 1. The van der Waals surface area contributed by atoms with E-state index in [9.17, 15) is 0 Å². The van der Waals surface area contributed by atoms with Crippen molar-refractivity contribution < 1.29 is 4.42 Å². The molecule has 1 aromatic heterocycles. The van der Waals surface area contributed by atoms with Gasteiger partial charge in [0.15, 0.2) is 5.96 Å². The summed E-state index contributed by atoms with van der Waals surface area (Å²) < 4.78 is 5.35. The van der Waals surface area contributed by atoms with Gasteiger partial charge in [-0.3, -0.25) is 0 Å². The molecule has 0 aliphatic carbocycles. The van der Waals surface area contributed by atoms with Crippen molar-refractivity contribution in [2.24, 2.45) is 4.99 Å². The van der Waals surface area contributed by atoms with Crippen molar-refractivity contribution in [3.05, 3.63) is 66.1 Å². The van der Waals surface area contributed by atoms with Crippen LogP contribution in [0.1, 0.15) is 18.2 Å². The van der Waals surface area contributed by atoms with Crippen LogP contribution >= 0.6 is 24.0 Å². The van der Waals surface area contributed by atoms with Crippen molar-refractivity contribution in [1.82, 2.24) is 10.6 Å². The smallest absolute Gasteiger partial charge is 0.191 e. The number of benzene rings is 1. The molecule has 0 saturated heterocycles. The minimum absolute atomic E-state index is 0. The predicted molar refractivity (Wildman–Crippen MR) is 118 cm³/mol. The lowest BCUT2D eigenvalue weighted by molar-refractivity contribution is 0.507. The summed E-state index contributed by atoms with van der Waals surface area (Å²) in [6.07, 6.45) is 6.96. The maximum absolute atomic E-state index is 5.35. The molecule has 2 heterocycles. The maximum atomic E-state index is 5.35. The Hall–Kier alpha value is -1.96. The normalized spacial score (nSPS) is 13.6. The van der Waals surface area contributed by atoms with E-state index in [-0.39, 0.29) is 24.0 Å². The van der Waals surface area contributed by atoms with E-state index < -0.39 is 0 Å². The average Bonchev–Trinajstić information content (AvgIpc) is 3.34. The molecule has 0 fully saturated rings. The highest BCUT2D eigenvalue weighted by Crippen LogP contribution is 2.17. The van der Waals surface area contributed by atoms with E-state index in [1.165, 1.54) is 11.3 Å². The number of hydrogen-bond donors (Lipinski definition) is 2. The number of furan rings is 1. The van der Waals surface area contributed by atoms with E-state index in [0.29, 0.717) is 6.54 Å². The molecule has 0 bridgehead atoms. The van der Waals surface area contributed by atoms with Gasteiger partial charge in [-0.25, -0.2) is 4.99 Å². The molecular weight excluding hydrogens is 439 g/mol. The fraction of sp³-hybridized carbons (Fsp3) is 0.350. The van der Waals surface area contributed by atoms with Gasteiger partial charge in [0.05, 0.1) is 12.8 Å². The number of hydrogen-bond acceptors (Lipinski definition) is 3. The van der Waals surface area contributed by atoms with Gasteiger partial charge in [0, 0.05) is 38.3 Å². The summed E-state index contributed by atoms with van der Waals surface area (Å²) in [4.78, 5) is 7.01. The van der Waals surface area contributed by atoms with E-state index in [4.69, 9.17) is 4.42 Å². The Balaban J connectivity index is 0.00000243. The van der Waals surface area contributed by atoms with Crippen LogP contribution in [-0.2, 0) is 13.0 Å². The number of nitrogens with one attached hydrogen (secondary N) is 2. The van der Waals surface area contributed by atoms with Gasteiger partial charge >= 0.3 is 0 Å². The van der Waals surface area contributed by atoms with Crippen molar-refractivity contribution in [2.75, 3.05) is 31.1 Å². The van der Waals surface area contributed by atoms with Crippen LogP contribution in [0, 0.1) is 0 Å². The number of rotatable bonds is 7. The molecule has 0 spiro atoms. The first-order valence-corrected chi connectivity index (χ1v) is 8.88. The van der Waals surface area contributed by atoms with Crippen LogP contribution in [0.2, 0.25) is 0 Å². The summed E-state index contributed by atoms with van der Waals surface area (Å²) in [5, 5.41) is 6.63. The molecule has 5 nitrogen and oxygen atoms in total. The topological polar surface area (TPSA) is 52.8 Å². The molecule has 1 aliphatic rings. The Morgan fingerprint density at radius 2 is 1.88 bits per heavy atom.